The molecule has 0 spiro atoms. The van der Waals surface area contributed by atoms with Crippen molar-refractivity contribution in [2.75, 3.05) is 0 Å². The average molecular weight is 384 g/mol. The van der Waals surface area contributed by atoms with Crippen molar-refractivity contribution in [3.05, 3.63) is 59.4 Å². The Morgan fingerprint density at radius 1 is 0.312 bits per heavy atom. The van der Waals surface area contributed by atoms with E-state index < -0.39 is 0 Å². The van der Waals surface area contributed by atoms with Gasteiger partial charge in [-0.05, 0) is 0 Å². The summed E-state index contributed by atoms with van der Waals surface area (Å²) in [5.74, 6) is 0. The van der Waals surface area contributed by atoms with Gasteiger partial charge in [-0.2, -0.15) is 0 Å². The van der Waals surface area contributed by atoms with Crippen molar-refractivity contribution in [2.45, 2.75) is 0 Å². The molecule has 0 aromatic heterocycles. The third-order valence-corrected chi connectivity index (χ3v) is 0. The van der Waals surface area contributed by atoms with E-state index in [1.807, 2.05) is 0 Å². The Labute approximate surface area is 166 Å². The minimum atomic E-state index is 0. The van der Waals surface area contributed by atoms with Crippen molar-refractivity contribution >= 4 is 0 Å². The Kier molecular flexibility index (Phi) is 34100. The van der Waals surface area contributed by atoms with Gasteiger partial charge in [-0.25, -0.2) is 0 Å². The maximum atomic E-state index is 0. The molecule has 16 heavy (non-hydrogen) atoms. The fraction of sp³-hybridized carbons (Fsp3) is 0. The first-order valence-electron chi connectivity index (χ1n) is 0. The van der Waals surface area contributed by atoms with Gasteiger partial charge in [0, 0.05) is 21.7 Å². The Hall–Kier alpha value is 2.70. The molecule has 0 aromatic carbocycles. The van der Waals surface area contributed by atoms with E-state index in [1.165, 1.54) is 0 Å². The Morgan fingerprint density at radius 3 is 0.312 bits per heavy atom. The second-order valence-corrected chi connectivity index (χ2v) is 0. The molecule has 8 heteroatoms. The largest absolute Gasteiger partial charge is 3.00 e. The van der Waals surface area contributed by atoms with E-state index in [4.69, 9.17) is 0 Å². The minimum absolute atomic E-state index is 0. The van der Waals surface area contributed by atoms with E-state index in [0.717, 1.165) is 0 Å². The fourth-order valence-electron chi connectivity index (χ4n) is 0. The van der Waals surface area contributed by atoms with Crippen LogP contribution in [0, 0.1) is 59.4 Å². The first-order valence-corrected chi connectivity index (χ1v) is 0. The quantitative estimate of drug-likeness (QED) is 0.421. The summed E-state index contributed by atoms with van der Waals surface area (Å²) >= 11 is 0. The zero-order valence-corrected chi connectivity index (χ0v) is 18.2. The Bertz CT molecular complexity index is 24.0. The predicted octanol–water partition coefficient (Wildman–Crippen LogP) is 0.294. The molecule has 0 amide bonds. The van der Waals surface area contributed by atoms with Crippen LogP contribution in [0.15, 0.2) is 0 Å². The molecule has 0 saturated heterocycles. The monoisotopic (exact) mass is 384 g/mol. The molecule has 0 rings (SSSR count). The maximum absolute atomic E-state index is 0. The van der Waals surface area contributed by atoms with E-state index in [-0.39, 0.29) is 168 Å². The molecule has 0 aliphatic rings. The van der Waals surface area contributed by atoms with E-state index in [1.54, 1.807) is 0 Å². The minimum Gasteiger partial charge on any atom is -0.412 e. The van der Waals surface area contributed by atoms with Gasteiger partial charge in [0.1, 0.15) is 0 Å². The average Bonchev–Trinajstić information content (AvgIpc) is 0. The van der Waals surface area contributed by atoms with Crippen molar-refractivity contribution in [2.24, 2.45) is 0 Å². The van der Waals surface area contributed by atoms with Crippen LogP contribution in [-0.4, -0.2) is 21.9 Å². The smallest absolute Gasteiger partial charge is 0.412 e. The molecule has 0 aliphatic carbocycles. The van der Waals surface area contributed by atoms with Crippen molar-refractivity contribution in [3.63, 3.8) is 0 Å². The molecule has 0 saturated carbocycles. The number of hydrogen-bond acceptors (Lipinski definition) is 0. The van der Waals surface area contributed by atoms with Gasteiger partial charge in [-0.1, -0.05) is 0 Å². The van der Waals surface area contributed by atoms with Crippen LogP contribution < -0.4 is 0 Å². The van der Waals surface area contributed by atoms with Crippen LogP contribution in [-0.2, 0) is 86.9 Å². The van der Waals surface area contributed by atoms with Gasteiger partial charge in [0.15, 0.2) is 0 Å². The molecule has 1 radical (unpaired) electrons. The van der Waals surface area contributed by atoms with Crippen molar-refractivity contribution in [1.82, 2.24) is 0 Å². The van der Waals surface area contributed by atoms with Crippen molar-refractivity contribution < 1.29 is 109 Å². The standard InChI is InChI=1S/8CH3.4H2O.4Ti/h8*1H3;4*1H2;;;;/q8*-1;;;;;;2*+2;+3. The molecule has 0 fully saturated rings. The molecule has 0 atom stereocenters. The fourth-order valence-corrected chi connectivity index (χ4v) is 0. The summed E-state index contributed by atoms with van der Waals surface area (Å²) in [5, 5.41) is 0. The van der Waals surface area contributed by atoms with Crippen LogP contribution >= 0.6 is 0 Å². The Morgan fingerprint density at radius 2 is 0.312 bits per heavy atom. The summed E-state index contributed by atoms with van der Waals surface area (Å²) in [6.07, 6.45) is 0. The SMILES string of the molecule is O.O.O.O.[CH3-].[CH3-].[CH3-].[CH3-].[CH3-].[CH3-].[CH3-].[CH3-].[Ti+2].[Ti+2].[Ti+3].[Ti]. The van der Waals surface area contributed by atoms with Crippen LogP contribution in [0.5, 0.6) is 0 Å². The van der Waals surface area contributed by atoms with Crippen LogP contribution in [0.1, 0.15) is 0 Å². The molecule has 4 nitrogen and oxygen atoms in total. The summed E-state index contributed by atoms with van der Waals surface area (Å²) in [4.78, 5) is 0. The van der Waals surface area contributed by atoms with E-state index in [2.05, 4.69) is 0 Å². The first kappa shape index (κ1) is 805. The molecular weight excluding hydrogens is 352 g/mol. The van der Waals surface area contributed by atoms with E-state index in [9.17, 15) is 0 Å². The van der Waals surface area contributed by atoms with Gasteiger partial charge >= 0.3 is 65.2 Å². The molecular formula is C8H32O4Ti4-. The topological polar surface area (TPSA) is 126 Å². The van der Waals surface area contributed by atoms with Gasteiger partial charge < -0.3 is 81.3 Å². The van der Waals surface area contributed by atoms with Gasteiger partial charge in [0.05, 0.1) is 0 Å². The zero-order valence-electron chi connectivity index (χ0n) is 12.0. The van der Waals surface area contributed by atoms with Crippen molar-refractivity contribution in [1.29, 1.82) is 0 Å². The molecule has 0 unspecified atom stereocenters. The molecule has 0 heterocycles. The summed E-state index contributed by atoms with van der Waals surface area (Å²) in [6, 6.07) is 0. The van der Waals surface area contributed by atoms with Crippen LogP contribution in [0.25, 0.3) is 0 Å². The zero-order chi connectivity index (χ0) is 0. The van der Waals surface area contributed by atoms with E-state index >= 15 is 0 Å². The third-order valence-electron chi connectivity index (χ3n) is 0. The number of hydrogen-bond donors (Lipinski definition) is 0. The van der Waals surface area contributed by atoms with Gasteiger partial charge in [0.2, 0.25) is 0 Å². The third kappa shape index (κ3) is 566. The second-order valence-electron chi connectivity index (χ2n) is 0. The van der Waals surface area contributed by atoms with Crippen molar-refractivity contribution in [3.8, 4) is 0 Å². The summed E-state index contributed by atoms with van der Waals surface area (Å²) in [6.45, 7) is 0. The molecule has 0 bridgehead atoms. The predicted molar refractivity (Wildman–Crippen MR) is 65.8 cm³/mol. The van der Waals surface area contributed by atoms with Gasteiger partial charge in [-0.3, -0.25) is 0 Å². The second kappa shape index (κ2) is 678. The molecule has 8 N–H and O–H groups in total. The normalized spacial score (nSPS) is 0. The number of rotatable bonds is 0. The summed E-state index contributed by atoms with van der Waals surface area (Å²) in [5.41, 5.74) is 0. The molecule has 0 aromatic rings. The van der Waals surface area contributed by atoms with Crippen LogP contribution in [0.3, 0.4) is 0 Å². The van der Waals surface area contributed by atoms with Gasteiger partial charge in [-0.15, -0.1) is 0 Å². The summed E-state index contributed by atoms with van der Waals surface area (Å²) < 4.78 is 0. The van der Waals surface area contributed by atoms with Gasteiger partial charge in [0.25, 0.3) is 0 Å². The van der Waals surface area contributed by atoms with Crippen LogP contribution in [0.2, 0.25) is 0 Å². The van der Waals surface area contributed by atoms with Crippen LogP contribution in [0.4, 0.5) is 0 Å². The first-order chi connectivity index (χ1) is 0. The van der Waals surface area contributed by atoms with E-state index in [0.29, 0.717) is 0 Å². The summed E-state index contributed by atoms with van der Waals surface area (Å²) in [7, 11) is 0. The Balaban J connectivity index is 0. The maximum Gasteiger partial charge on any atom is 3.00 e. The molecule has 105 valence electrons. The molecule has 0 aliphatic heterocycles.